The fourth-order valence-corrected chi connectivity index (χ4v) is 7.60. The van der Waals surface area contributed by atoms with Gasteiger partial charge in [0.25, 0.3) is 10.0 Å². The molecule has 0 aliphatic rings. The number of hydrogen-bond donors (Lipinski definition) is 1. The Balaban J connectivity index is 1.31. The Morgan fingerprint density at radius 1 is 0.949 bits per heavy atom. The van der Waals surface area contributed by atoms with Crippen molar-refractivity contribution >= 4 is 86.3 Å². The van der Waals surface area contributed by atoms with E-state index in [1.165, 1.54) is 22.7 Å². The predicted octanol–water partition coefficient (Wildman–Crippen LogP) is 8.60. The molecule has 2 heterocycles. The lowest BCUT2D eigenvalue weighted by molar-refractivity contribution is 0.251. The summed E-state index contributed by atoms with van der Waals surface area (Å²) < 4.78 is 37.3. The first-order valence-corrected chi connectivity index (χ1v) is 16.0. The molecular formula is C28H19BrClN3O3S3. The average molecular weight is 657 g/mol. The van der Waals surface area contributed by atoms with Crippen LogP contribution in [0.5, 0.6) is 5.75 Å². The SMILES string of the molecule is Cc1nc2cc(S(=O)(=O)Nc3ncc(C(Oc4ccc5cc(Br)ccc5c4)c4ccc(Cl)cc4)s3)ccc2s1. The molecule has 11 heteroatoms. The summed E-state index contributed by atoms with van der Waals surface area (Å²) in [4.78, 5) is 9.63. The first kappa shape index (κ1) is 26.2. The molecule has 6 nitrogen and oxygen atoms in total. The van der Waals surface area contributed by atoms with Crippen LogP contribution in [-0.4, -0.2) is 18.4 Å². The molecule has 196 valence electrons. The number of aryl methyl sites for hydroxylation is 1. The van der Waals surface area contributed by atoms with E-state index >= 15 is 0 Å². The molecule has 0 aliphatic heterocycles. The highest BCUT2D eigenvalue weighted by atomic mass is 79.9. The summed E-state index contributed by atoms with van der Waals surface area (Å²) in [7, 11) is -3.86. The number of thiazole rings is 2. The molecule has 1 N–H and O–H groups in total. The maximum absolute atomic E-state index is 13.2. The number of ether oxygens (including phenoxy) is 1. The molecule has 4 aromatic carbocycles. The third-order valence-electron chi connectivity index (χ3n) is 5.98. The molecule has 1 unspecified atom stereocenters. The summed E-state index contributed by atoms with van der Waals surface area (Å²) >= 11 is 12.4. The fraction of sp³-hybridized carbons (Fsp3) is 0.0714. The number of nitrogens with one attached hydrogen (secondary N) is 1. The van der Waals surface area contributed by atoms with Crippen LogP contribution < -0.4 is 9.46 Å². The third-order valence-corrected chi connectivity index (χ3v) is 10.1. The second kappa shape index (κ2) is 10.5. The van der Waals surface area contributed by atoms with Gasteiger partial charge in [0.15, 0.2) is 11.2 Å². The molecule has 2 aromatic heterocycles. The zero-order chi connectivity index (χ0) is 27.1. The summed E-state index contributed by atoms with van der Waals surface area (Å²) in [6.45, 7) is 1.89. The molecule has 0 saturated carbocycles. The van der Waals surface area contributed by atoms with Gasteiger partial charge in [-0.3, -0.25) is 4.72 Å². The maximum atomic E-state index is 13.2. The number of anilines is 1. The molecule has 0 radical (unpaired) electrons. The van der Waals surface area contributed by atoms with Crippen LogP contribution in [0.25, 0.3) is 21.0 Å². The summed E-state index contributed by atoms with van der Waals surface area (Å²) in [5.41, 5.74) is 1.51. The zero-order valence-corrected chi connectivity index (χ0v) is 25.1. The molecule has 0 spiro atoms. The molecule has 1 atom stereocenters. The van der Waals surface area contributed by atoms with Crippen LogP contribution in [0, 0.1) is 6.92 Å². The molecule has 6 rings (SSSR count). The monoisotopic (exact) mass is 655 g/mol. The number of hydrogen-bond acceptors (Lipinski definition) is 7. The first-order valence-electron chi connectivity index (χ1n) is 11.7. The van der Waals surface area contributed by atoms with Crippen molar-refractivity contribution in [2.75, 3.05) is 4.72 Å². The predicted molar refractivity (Wildman–Crippen MR) is 163 cm³/mol. The van der Waals surface area contributed by atoms with Crippen molar-refractivity contribution in [3.63, 3.8) is 0 Å². The van der Waals surface area contributed by atoms with Crippen molar-refractivity contribution in [3.05, 3.63) is 110 Å². The van der Waals surface area contributed by atoms with Gasteiger partial charge < -0.3 is 4.74 Å². The van der Waals surface area contributed by atoms with Gasteiger partial charge in [-0.2, -0.15) is 0 Å². The van der Waals surface area contributed by atoms with Crippen molar-refractivity contribution in [1.82, 2.24) is 9.97 Å². The lowest BCUT2D eigenvalue weighted by Crippen LogP contribution is -2.12. The molecular weight excluding hydrogens is 638 g/mol. The minimum atomic E-state index is -3.86. The van der Waals surface area contributed by atoms with Gasteiger partial charge >= 0.3 is 0 Å². The van der Waals surface area contributed by atoms with E-state index in [9.17, 15) is 8.42 Å². The molecule has 0 saturated heterocycles. The Morgan fingerprint density at radius 3 is 2.54 bits per heavy atom. The van der Waals surface area contributed by atoms with Crippen molar-refractivity contribution in [2.24, 2.45) is 0 Å². The quantitative estimate of drug-likeness (QED) is 0.186. The number of fused-ring (bicyclic) bond motifs is 2. The van der Waals surface area contributed by atoms with Gasteiger partial charge in [-0.1, -0.05) is 63.1 Å². The standard InChI is InChI=1S/C28H19BrClN3O3S3/c1-16-32-24-14-23(10-11-25(24)37-16)39(34,35)33-28-31-15-26(38-28)27(17-3-7-21(30)8-4-17)36-22-9-5-18-12-20(29)6-2-19(18)13-22/h2-15,27H,1H3,(H,31,33). The first-order chi connectivity index (χ1) is 18.7. The fourth-order valence-electron chi connectivity index (χ4n) is 4.15. The van der Waals surface area contributed by atoms with Gasteiger partial charge in [-0.15, -0.1) is 11.3 Å². The van der Waals surface area contributed by atoms with Gasteiger partial charge in [0.2, 0.25) is 0 Å². The number of halogens is 2. The Morgan fingerprint density at radius 2 is 1.72 bits per heavy atom. The van der Waals surface area contributed by atoms with Crippen LogP contribution in [0.15, 0.2) is 94.4 Å². The number of nitrogens with zero attached hydrogens (tertiary/aromatic N) is 2. The van der Waals surface area contributed by atoms with Gasteiger partial charge in [0, 0.05) is 15.7 Å². The topological polar surface area (TPSA) is 81.2 Å². The van der Waals surface area contributed by atoms with E-state index in [1.807, 2.05) is 55.5 Å². The van der Waals surface area contributed by atoms with Gasteiger partial charge in [0.05, 0.1) is 25.0 Å². The highest BCUT2D eigenvalue weighted by Gasteiger charge is 2.23. The molecule has 0 aliphatic carbocycles. The summed E-state index contributed by atoms with van der Waals surface area (Å²) in [5.74, 6) is 0.673. The number of aromatic nitrogens is 2. The Kier molecular flexibility index (Phi) is 7.07. The maximum Gasteiger partial charge on any atom is 0.263 e. The van der Waals surface area contributed by atoms with Crippen LogP contribution in [0.1, 0.15) is 21.6 Å². The van der Waals surface area contributed by atoms with E-state index in [4.69, 9.17) is 16.3 Å². The van der Waals surface area contributed by atoms with Gasteiger partial charge in [-0.25, -0.2) is 18.4 Å². The Bertz CT molecular complexity index is 1940. The molecule has 0 fully saturated rings. The second-order valence-electron chi connectivity index (χ2n) is 8.74. The van der Waals surface area contributed by atoms with Crippen LogP contribution in [0.2, 0.25) is 5.02 Å². The number of rotatable bonds is 7. The van der Waals surface area contributed by atoms with E-state index in [0.29, 0.717) is 16.3 Å². The van der Waals surface area contributed by atoms with Crippen molar-refractivity contribution < 1.29 is 13.2 Å². The third kappa shape index (κ3) is 5.66. The van der Waals surface area contributed by atoms with Crippen LogP contribution in [-0.2, 0) is 10.0 Å². The molecule has 6 aromatic rings. The average Bonchev–Trinajstić information content (AvgIpc) is 3.52. The summed E-state index contributed by atoms with van der Waals surface area (Å²) in [5, 5.41) is 3.85. The van der Waals surface area contributed by atoms with Crippen molar-refractivity contribution in [1.29, 1.82) is 0 Å². The summed E-state index contributed by atoms with van der Waals surface area (Å²) in [6.07, 6.45) is 1.10. The van der Waals surface area contributed by atoms with E-state index in [0.717, 1.165) is 35.4 Å². The minimum absolute atomic E-state index is 0.130. The van der Waals surface area contributed by atoms with E-state index in [-0.39, 0.29) is 10.0 Å². The normalized spacial score (nSPS) is 12.6. The van der Waals surface area contributed by atoms with E-state index in [2.05, 4.69) is 30.6 Å². The molecule has 0 amide bonds. The Labute approximate surface area is 246 Å². The molecule has 0 bridgehead atoms. The largest absolute Gasteiger partial charge is 0.480 e. The zero-order valence-electron chi connectivity index (χ0n) is 20.3. The highest BCUT2D eigenvalue weighted by Crippen LogP contribution is 2.36. The number of sulfonamides is 1. The Hall–Kier alpha value is -3.02. The lowest BCUT2D eigenvalue weighted by atomic mass is 10.1. The van der Waals surface area contributed by atoms with Crippen LogP contribution >= 0.6 is 50.2 Å². The lowest BCUT2D eigenvalue weighted by Gasteiger charge is -2.19. The minimum Gasteiger partial charge on any atom is -0.480 e. The van der Waals surface area contributed by atoms with Gasteiger partial charge in [-0.05, 0) is 77.9 Å². The van der Waals surface area contributed by atoms with Crippen LogP contribution in [0.4, 0.5) is 5.13 Å². The van der Waals surface area contributed by atoms with Crippen LogP contribution in [0.3, 0.4) is 0 Å². The smallest absolute Gasteiger partial charge is 0.263 e. The second-order valence-corrected chi connectivity index (χ2v) is 14.1. The van der Waals surface area contributed by atoms with E-state index in [1.54, 1.807) is 36.5 Å². The van der Waals surface area contributed by atoms with Gasteiger partial charge in [0.1, 0.15) is 5.75 Å². The number of benzene rings is 4. The summed E-state index contributed by atoms with van der Waals surface area (Å²) in [6, 6.07) is 24.2. The van der Waals surface area contributed by atoms with Crippen molar-refractivity contribution in [2.45, 2.75) is 17.9 Å². The molecule has 39 heavy (non-hydrogen) atoms. The van der Waals surface area contributed by atoms with E-state index < -0.39 is 16.1 Å². The highest BCUT2D eigenvalue weighted by molar-refractivity contribution is 9.10. The van der Waals surface area contributed by atoms with Crippen molar-refractivity contribution in [3.8, 4) is 5.75 Å².